The molecule has 0 amide bonds. The number of fused-ring (bicyclic) bond motifs is 2. The largest absolute Gasteiger partial charge is 0.507 e. The third kappa shape index (κ3) is 3.85. The van der Waals surface area contributed by atoms with E-state index in [1.807, 2.05) is 0 Å². The van der Waals surface area contributed by atoms with Crippen molar-refractivity contribution in [2.24, 2.45) is 5.84 Å². The number of phenols is 1. The Balaban J connectivity index is 1.75. The number of aryl methyl sites for hydroxylation is 1. The Bertz CT molecular complexity index is 1520. The summed E-state index contributed by atoms with van der Waals surface area (Å²) in [6, 6.07) is 13.1. The van der Waals surface area contributed by atoms with Crippen molar-refractivity contribution in [3.05, 3.63) is 71.3 Å². The Labute approximate surface area is 196 Å². The quantitative estimate of drug-likeness (QED) is 0.242. The van der Waals surface area contributed by atoms with Crippen molar-refractivity contribution in [1.29, 1.82) is 0 Å². The van der Waals surface area contributed by atoms with E-state index in [4.69, 9.17) is 10.6 Å². The van der Waals surface area contributed by atoms with Crippen LogP contribution in [0.2, 0.25) is 0 Å². The van der Waals surface area contributed by atoms with E-state index in [1.54, 1.807) is 25.1 Å². The van der Waals surface area contributed by atoms with Crippen molar-refractivity contribution in [1.82, 2.24) is 0 Å². The number of hydrazine groups is 1. The van der Waals surface area contributed by atoms with Crippen molar-refractivity contribution >= 4 is 30.8 Å². The van der Waals surface area contributed by atoms with Gasteiger partial charge in [-0.1, -0.05) is 18.2 Å². The maximum Gasteiger partial charge on any atom is 0.446 e. The van der Waals surface area contributed by atoms with Gasteiger partial charge in [0.05, 0.1) is 17.7 Å². The number of sulfone groups is 1. The third-order valence-corrected chi connectivity index (χ3v) is 8.42. The Kier molecular flexibility index (Phi) is 5.75. The monoisotopic (exact) mass is 504 g/mol. The number of anilines is 1. The maximum atomic E-state index is 13.0. The Morgan fingerprint density at radius 2 is 1.74 bits per heavy atom. The van der Waals surface area contributed by atoms with Crippen LogP contribution in [0.4, 0.5) is 10.5 Å². The average molecular weight is 505 g/mol. The molecule has 0 radical (unpaired) electrons. The lowest BCUT2D eigenvalue weighted by Crippen LogP contribution is -2.41. The summed E-state index contributed by atoms with van der Waals surface area (Å²) in [7, 11) is -7.67. The van der Waals surface area contributed by atoms with Crippen LogP contribution in [0.3, 0.4) is 0 Å². The van der Waals surface area contributed by atoms with E-state index in [2.05, 4.69) is 4.74 Å². The number of rotatable bonds is 4. The van der Waals surface area contributed by atoms with Crippen molar-refractivity contribution in [3.63, 3.8) is 0 Å². The molecule has 1 aliphatic heterocycles. The SMILES string of the molecule is COC(=O)S(=O)(=O)N(N)c1cc(C)c2c(c1)Cc1cc(O)c(S(=O)(=O)c3ccccc3)cc1O2. The first-order valence-electron chi connectivity index (χ1n) is 9.82. The van der Waals surface area contributed by atoms with Gasteiger partial charge in [0.2, 0.25) is 9.84 Å². The molecule has 34 heavy (non-hydrogen) atoms. The molecule has 0 saturated carbocycles. The summed E-state index contributed by atoms with van der Waals surface area (Å²) < 4.78 is 61.1. The third-order valence-electron chi connectivity index (χ3n) is 5.31. The van der Waals surface area contributed by atoms with Gasteiger partial charge in [0.25, 0.3) is 0 Å². The number of ether oxygens (including phenoxy) is 2. The molecule has 3 aromatic carbocycles. The number of methoxy groups -OCH3 is 1. The van der Waals surface area contributed by atoms with Gasteiger partial charge in [-0.3, -0.25) is 0 Å². The van der Waals surface area contributed by atoms with Gasteiger partial charge in [0.15, 0.2) is 0 Å². The molecule has 0 bridgehead atoms. The lowest BCUT2D eigenvalue weighted by molar-refractivity contribution is 0.197. The second-order valence-corrected chi connectivity index (χ2v) is 11.1. The fourth-order valence-corrected chi connectivity index (χ4v) is 5.76. The van der Waals surface area contributed by atoms with Crippen molar-refractivity contribution in [2.75, 3.05) is 11.5 Å². The number of carbonyl (C=O) groups is 1. The topological polar surface area (TPSA) is 153 Å². The summed E-state index contributed by atoms with van der Waals surface area (Å²) in [6.07, 6.45) is 0.185. The second kappa shape index (κ2) is 8.31. The highest BCUT2D eigenvalue weighted by Gasteiger charge is 2.32. The molecule has 0 atom stereocenters. The molecular formula is C22H20N2O8S2. The van der Waals surface area contributed by atoms with Crippen LogP contribution >= 0.6 is 0 Å². The smallest absolute Gasteiger partial charge is 0.446 e. The number of nitrogens with zero attached hydrogens (tertiary/aromatic N) is 1. The normalized spacial score (nSPS) is 12.8. The average Bonchev–Trinajstić information content (AvgIpc) is 2.81. The number of sulfonamides is 1. The summed E-state index contributed by atoms with van der Waals surface area (Å²) >= 11 is 0. The van der Waals surface area contributed by atoms with Crippen LogP contribution in [-0.2, 0) is 31.0 Å². The molecule has 4 rings (SSSR count). The van der Waals surface area contributed by atoms with E-state index >= 15 is 0 Å². The lowest BCUT2D eigenvalue weighted by atomic mass is 9.97. The first-order valence-corrected chi connectivity index (χ1v) is 12.7. The van der Waals surface area contributed by atoms with E-state index in [-0.39, 0.29) is 27.6 Å². The van der Waals surface area contributed by atoms with E-state index in [9.17, 15) is 26.7 Å². The molecule has 178 valence electrons. The minimum atomic E-state index is -4.60. The number of hydrogen-bond acceptors (Lipinski definition) is 9. The zero-order valence-corrected chi connectivity index (χ0v) is 19.7. The molecule has 0 aliphatic carbocycles. The molecule has 0 unspecified atom stereocenters. The maximum absolute atomic E-state index is 13.0. The zero-order valence-electron chi connectivity index (χ0n) is 18.0. The summed E-state index contributed by atoms with van der Waals surface area (Å²) in [5, 5.41) is 9.00. The minimum absolute atomic E-state index is 0.00111. The Morgan fingerprint density at radius 3 is 2.38 bits per heavy atom. The summed E-state index contributed by atoms with van der Waals surface area (Å²) in [6.45, 7) is 1.65. The van der Waals surface area contributed by atoms with Crippen molar-refractivity contribution in [2.45, 2.75) is 23.1 Å². The molecule has 3 N–H and O–H groups in total. The van der Waals surface area contributed by atoms with E-state index in [0.717, 1.165) is 7.11 Å². The zero-order chi connectivity index (χ0) is 24.8. The predicted octanol–water partition coefficient (Wildman–Crippen LogP) is 3.01. The molecule has 10 nitrogen and oxygen atoms in total. The molecule has 0 spiro atoms. The standard InChI is InChI=1S/C22H20N2O8S2/c1-13-8-16(24(23)34(29,30)22(26)31-2)10-15-9-14-11-18(25)20(12-19(14)32-21(13)15)33(27,28)17-6-4-3-5-7-17/h3-8,10-12,25H,9,23H2,1-2H3. The van der Waals surface area contributed by atoms with E-state index < -0.39 is 30.9 Å². The number of aromatic hydroxyl groups is 1. The van der Waals surface area contributed by atoms with Gasteiger partial charge < -0.3 is 14.6 Å². The molecular weight excluding hydrogens is 484 g/mol. The number of carbonyl (C=O) groups excluding carboxylic acids is 1. The van der Waals surface area contributed by atoms with Crippen LogP contribution in [0.1, 0.15) is 16.7 Å². The summed E-state index contributed by atoms with van der Waals surface area (Å²) in [5.41, 5.74) is 1.50. The van der Waals surface area contributed by atoms with Crippen LogP contribution < -0.4 is 15.0 Å². The fraction of sp³-hybridized carbons (Fsp3) is 0.136. The van der Waals surface area contributed by atoms with E-state index in [0.29, 0.717) is 26.9 Å². The molecule has 0 fully saturated rings. The van der Waals surface area contributed by atoms with Gasteiger partial charge in [0, 0.05) is 23.6 Å². The summed E-state index contributed by atoms with van der Waals surface area (Å²) in [5.74, 6) is 5.86. The molecule has 1 aliphatic rings. The van der Waals surface area contributed by atoms with Crippen molar-refractivity contribution in [3.8, 4) is 17.2 Å². The van der Waals surface area contributed by atoms with Gasteiger partial charge in [-0.05, 0) is 42.8 Å². The minimum Gasteiger partial charge on any atom is -0.507 e. The highest BCUT2D eigenvalue weighted by atomic mass is 32.2. The number of nitrogens with two attached hydrogens (primary N) is 1. The molecule has 0 aromatic heterocycles. The number of hydrogen-bond donors (Lipinski definition) is 2. The van der Waals surface area contributed by atoms with Crippen LogP contribution in [0.15, 0.2) is 64.4 Å². The molecule has 0 saturated heterocycles. The van der Waals surface area contributed by atoms with Gasteiger partial charge in [-0.25, -0.2) is 19.1 Å². The molecule has 1 heterocycles. The van der Waals surface area contributed by atoms with E-state index in [1.165, 1.54) is 36.4 Å². The number of benzene rings is 3. The predicted molar refractivity (Wildman–Crippen MR) is 122 cm³/mol. The Hall–Kier alpha value is -3.61. The van der Waals surface area contributed by atoms with Crippen LogP contribution in [-0.4, -0.2) is 34.4 Å². The lowest BCUT2D eigenvalue weighted by Gasteiger charge is -2.25. The van der Waals surface area contributed by atoms with Gasteiger partial charge >= 0.3 is 15.3 Å². The van der Waals surface area contributed by atoms with Crippen LogP contribution in [0.25, 0.3) is 0 Å². The fourth-order valence-electron chi connectivity index (χ4n) is 3.64. The first kappa shape index (κ1) is 23.5. The van der Waals surface area contributed by atoms with Crippen LogP contribution in [0.5, 0.6) is 17.2 Å². The Morgan fingerprint density at radius 1 is 1.06 bits per heavy atom. The summed E-state index contributed by atoms with van der Waals surface area (Å²) in [4.78, 5) is 11.3. The highest BCUT2D eigenvalue weighted by molar-refractivity contribution is 8.06. The number of phenolic OH excluding ortho intramolecular Hbond substituents is 1. The second-order valence-electron chi connectivity index (χ2n) is 7.53. The van der Waals surface area contributed by atoms with Gasteiger partial charge in [-0.2, -0.15) is 12.8 Å². The molecule has 12 heteroatoms. The first-order chi connectivity index (χ1) is 16.0. The van der Waals surface area contributed by atoms with Gasteiger partial charge in [0.1, 0.15) is 22.1 Å². The van der Waals surface area contributed by atoms with Gasteiger partial charge in [-0.15, -0.1) is 0 Å². The van der Waals surface area contributed by atoms with Crippen molar-refractivity contribution < 1.29 is 36.2 Å². The molecule has 3 aromatic rings. The van der Waals surface area contributed by atoms with Crippen LogP contribution in [0, 0.1) is 6.92 Å². The highest BCUT2D eigenvalue weighted by Crippen LogP contribution is 2.44.